The van der Waals surface area contributed by atoms with Crippen LogP contribution in [-0.2, 0) is 11.2 Å². The minimum Gasteiger partial charge on any atom is -0.481 e. The number of nitrogens with zero attached hydrogens (tertiary/aromatic N) is 3. The van der Waals surface area contributed by atoms with Gasteiger partial charge in [-0.2, -0.15) is 5.10 Å². The van der Waals surface area contributed by atoms with Crippen LogP contribution in [0.25, 0.3) is 5.82 Å². The third-order valence-electron chi connectivity index (χ3n) is 2.86. The van der Waals surface area contributed by atoms with E-state index in [1.165, 1.54) is 0 Å². The lowest BCUT2D eigenvalue weighted by molar-refractivity contribution is -0.136. The van der Waals surface area contributed by atoms with Crippen molar-refractivity contribution >= 4 is 5.97 Å². The number of pyridine rings is 1. The van der Waals surface area contributed by atoms with E-state index < -0.39 is 5.97 Å². The van der Waals surface area contributed by atoms with Crippen molar-refractivity contribution in [1.82, 2.24) is 14.8 Å². The molecule has 0 aromatic carbocycles. The zero-order chi connectivity index (χ0) is 13.3. The molecule has 2 aromatic rings. The molecule has 0 aliphatic heterocycles. The van der Waals surface area contributed by atoms with Gasteiger partial charge in [-0.3, -0.25) is 4.79 Å². The van der Waals surface area contributed by atoms with Crippen molar-refractivity contribution in [3.05, 3.63) is 40.8 Å². The molecule has 2 aromatic heterocycles. The zero-order valence-corrected chi connectivity index (χ0v) is 10.6. The molecule has 0 saturated heterocycles. The standard InChI is InChI=1S/C13H15N3O2/c1-8-5-4-6-12(14-8)16-10(3)11(7-13(17)18)9(2)15-16/h4-6H,7H2,1-3H3,(H,17,18). The van der Waals surface area contributed by atoms with E-state index >= 15 is 0 Å². The van der Waals surface area contributed by atoms with Crippen LogP contribution in [0.2, 0.25) is 0 Å². The summed E-state index contributed by atoms with van der Waals surface area (Å²) in [6.07, 6.45) is -0.0104. The molecule has 0 radical (unpaired) electrons. The average Bonchev–Trinajstić information content (AvgIpc) is 2.56. The van der Waals surface area contributed by atoms with Gasteiger partial charge in [0, 0.05) is 17.0 Å². The summed E-state index contributed by atoms with van der Waals surface area (Å²) in [5, 5.41) is 13.3. The van der Waals surface area contributed by atoms with Gasteiger partial charge < -0.3 is 5.11 Å². The third-order valence-corrected chi connectivity index (χ3v) is 2.86. The first-order chi connectivity index (χ1) is 8.49. The van der Waals surface area contributed by atoms with E-state index in [-0.39, 0.29) is 6.42 Å². The molecule has 18 heavy (non-hydrogen) atoms. The third kappa shape index (κ3) is 2.25. The van der Waals surface area contributed by atoms with Crippen LogP contribution in [0.4, 0.5) is 0 Å². The van der Waals surface area contributed by atoms with Gasteiger partial charge in [0.1, 0.15) is 0 Å². The van der Waals surface area contributed by atoms with Gasteiger partial charge >= 0.3 is 5.97 Å². The smallest absolute Gasteiger partial charge is 0.307 e. The minimum absolute atomic E-state index is 0.0104. The molecule has 0 atom stereocenters. The van der Waals surface area contributed by atoms with Crippen LogP contribution in [0.1, 0.15) is 22.6 Å². The number of rotatable bonds is 3. The number of carboxylic acids is 1. The van der Waals surface area contributed by atoms with Gasteiger partial charge in [-0.05, 0) is 32.9 Å². The van der Waals surface area contributed by atoms with Crippen LogP contribution in [-0.4, -0.2) is 25.8 Å². The van der Waals surface area contributed by atoms with Gasteiger partial charge in [0.15, 0.2) is 5.82 Å². The summed E-state index contributed by atoms with van der Waals surface area (Å²) >= 11 is 0. The lowest BCUT2D eigenvalue weighted by atomic mass is 10.1. The Balaban J connectivity index is 2.50. The molecule has 5 heteroatoms. The Morgan fingerprint density at radius 1 is 1.33 bits per heavy atom. The molecule has 0 saturated carbocycles. The second-order valence-corrected chi connectivity index (χ2v) is 4.27. The van der Waals surface area contributed by atoms with Crippen LogP contribution in [0.15, 0.2) is 18.2 Å². The Morgan fingerprint density at radius 2 is 2.06 bits per heavy atom. The first kappa shape index (κ1) is 12.3. The van der Waals surface area contributed by atoms with E-state index in [4.69, 9.17) is 5.11 Å². The van der Waals surface area contributed by atoms with Crippen molar-refractivity contribution in [2.75, 3.05) is 0 Å². The first-order valence-corrected chi connectivity index (χ1v) is 5.70. The van der Waals surface area contributed by atoms with E-state index in [1.54, 1.807) is 4.68 Å². The van der Waals surface area contributed by atoms with Crippen molar-refractivity contribution in [3.8, 4) is 5.82 Å². The highest BCUT2D eigenvalue weighted by atomic mass is 16.4. The van der Waals surface area contributed by atoms with Gasteiger partial charge in [-0.1, -0.05) is 6.07 Å². The van der Waals surface area contributed by atoms with Crippen LogP contribution in [0.3, 0.4) is 0 Å². The van der Waals surface area contributed by atoms with E-state index in [1.807, 2.05) is 39.0 Å². The lowest BCUT2D eigenvalue weighted by Gasteiger charge is -2.04. The molecule has 0 amide bonds. The second-order valence-electron chi connectivity index (χ2n) is 4.27. The van der Waals surface area contributed by atoms with Gasteiger partial charge in [0.2, 0.25) is 0 Å². The Labute approximate surface area is 105 Å². The Hall–Kier alpha value is -2.17. The highest BCUT2D eigenvalue weighted by Gasteiger charge is 2.15. The van der Waals surface area contributed by atoms with E-state index in [2.05, 4.69) is 10.1 Å². The maximum Gasteiger partial charge on any atom is 0.307 e. The normalized spacial score (nSPS) is 10.6. The fraction of sp³-hybridized carbons (Fsp3) is 0.308. The molecule has 0 aliphatic carbocycles. The summed E-state index contributed by atoms with van der Waals surface area (Å²) in [4.78, 5) is 15.2. The monoisotopic (exact) mass is 245 g/mol. The Morgan fingerprint density at radius 3 is 2.67 bits per heavy atom. The van der Waals surface area contributed by atoms with Crippen LogP contribution >= 0.6 is 0 Å². The molecular formula is C13H15N3O2. The largest absolute Gasteiger partial charge is 0.481 e. The number of carbonyl (C=O) groups is 1. The fourth-order valence-corrected chi connectivity index (χ4v) is 1.95. The van der Waals surface area contributed by atoms with Crippen LogP contribution < -0.4 is 0 Å². The molecule has 0 spiro atoms. The predicted octanol–water partition coefficient (Wildman–Crippen LogP) is 1.82. The molecule has 5 nitrogen and oxygen atoms in total. The van der Waals surface area contributed by atoms with Crippen LogP contribution in [0, 0.1) is 20.8 Å². The number of aliphatic carboxylic acids is 1. The molecule has 94 valence electrons. The van der Waals surface area contributed by atoms with Crippen molar-refractivity contribution in [2.45, 2.75) is 27.2 Å². The molecular weight excluding hydrogens is 230 g/mol. The molecule has 2 rings (SSSR count). The predicted molar refractivity (Wildman–Crippen MR) is 66.9 cm³/mol. The average molecular weight is 245 g/mol. The van der Waals surface area contributed by atoms with Crippen molar-refractivity contribution in [2.24, 2.45) is 0 Å². The summed E-state index contributed by atoms with van der Waals surface area (Å²) in [7, 11) is 0. The first-order valence-electron chi connectivity index (χ1n) is 5.70. The summed E-state index contributed by atoms with van der Waals surface area (Å²) in [5.41, 5.74) is 3.22. The Bertz CT molecular complexity index is 602. The zero-order valence-electron chi connectivity index (χ0n) is 10.6. The second kappa shape index (κ2) is 4.60. The highest BCUT2D eigenvalue weighted by molar-refractivity contribution is 5.71. The number of aromatic nitrogens is 3. The number of carboxylic acid groups (broad SMARTS) is 1. The summed E-state index contributed by atoms with van der Waals surface area (Å²) in [5.74, 6) is -0.134. The molecule has 0 unspecified atom stereocenters. The molecule has 0 aliphatic rings. The highest BCUT2D eigenvalue weighted by Crippen LogP contribution is 2.17. The number of hydrogen-bond donors (Lipinski definition) is 1. The molecule has 0 bridgehead atoms. The van der Waals surface area contributed by atoms with E-state index in [0.717, 1.165) is 22.6 Å². The Kier molecular flexibility index (Phi) is 3.14. The van der Waals surface area contributed by atoms with Crippen molar-refractivity contribution < 1.29 is 9.90 Å². The summed E-state index contributed by atoms with van der Waals surface area (Å²) in [6.45, 7) is 5.59. The molecule has 0 fully saturated rings. The maximum atomic E-state index is 10.8. The van der Waals surface area contributed by atoms with Gasteiger partial charge in [0.05, 0.1) is 12.1 Å². The summed E-state index contributed by atoms with van der Waals surface area (Å²) < 4.78 is 1.70. The molecule has 1 N–H and O–H groups in total. The van der Waals surface area contributed by atoms with E-state index in [0.29, 0.717) is 5.82 Å². The lowest BCUT2D eigenvalue weighted by Crippen LogP contribution is -2.05. The van der Waals surface area contributed by atoms with Crippen LogP contribution in [0.5, 0.6) is 0 Å². The molecule has 2 heterocycles. The minimum atomic E-state index is -0.849. The van der Waals surface area contributed by atoms with Gasteiger partial charge in [0.25, 0.3) is 0 Å². The van der Waals surface area contributed by atoms with Gasteiger partial charge in [-0.25, -0.2) is 9.67 Å². The number of hydrogen-bond acceptors (Lipinski definition) is 3. The number of aryl methyl sites for hydroxylation is 2. The van der Waals surface area contributed by atoms with E-state index in [9.17, 15) is 4.79 Å². The fourth-order valence-electron chi connectivity index (χ4n) is 1.95. The quantitative estimate of drug-likeness (QED) is 0.895. The maximum absolute atomic E-state index is 10.8. The van der Waals surface area contributed by atoms with Gasteiger partial charge in [-0.15, -0.1) is 0 Å². The summed E-state index contributed by atoms with van der Waals surface area (Å²) in [6, 6.07) is 5.68. The van der Waals surface area contributed by atoms with Crippen molar-refractivity contribution in [1.29, 1.82) is 0 Å². The van der Waals surface area contributed by atoms with Crippen molar-refractivity contribution in [3.63, 3.8) is 0 Å². The SMILES string of the molecule is Cc1cccc(-n2nc(C)c(CC(=O)O)c2C)n1. The topological polar surface area (TPSA) is 68.0 Å².